The Morgan fingerprint density at radius 1 is 1.09 bits per heavy atom. The molecule has 0 spiro atoms. The van der Waals surface area contributed by atoms with E-state index in [1.807, 2.05) is 61.5 Å². The number of ether oxygens (including phenoxy) is 1. The number of carbonyl (C=O) groups is 2. The summed E-state index contributed by atoms with van der Waals surface area (Å²) in [4.78, 5) is 31.9. The third-order valence-corrected chi connectivity index (χ3v) is 6.00. The van der Waals surface area contributed by atoms with Gasteiger partial charge in [0.2, 0.25) is 17.6 Å². The molecule has 1 fully saturated rings. The lowest BCUT2D eigenvalue weighted by Crippen LogP contribution is -2.28. The summed E-state index contributed by atoms with van der Waals surface area (Å²) in [5.74, 6) is 0.672. The van der Waals surface area contributed by atoms with Gasteiger partial charge >= 0.3 is 0 Å². The topological polar surface area (TPSA) is 97.6 Å². The van der Waals surface area contributed by atoms with Crippen LogP contribution in [-0.2, 0) is 9.59 Å². The molecule has 1 N–H and O–H groups in total. The SMILES string of the molecule is COc1ccc(N2C[C@H](C(=O)Nc3ccccc3-c3nc(-c4cccc(C)c4)no3)CC2=O)cc1. The van der Waals surface area contributed by atoms with Crippen molar-refractivity contribution in [3.8, 4) is 28.6 Å². The first-order chi connectivity index (χ1) is 17.0. The highest BCUT2D eigenvalue weighted by molar-refractivity contribution is 6.04. The predicted octanol–water partition coefficient (Wildman–Crippen LogP) is 4.71. The summed E-state index contributed by atoms with van der Waals surface area (Å²) < 4.78 is 10.7. The van der Waals surface area contributed by atoms with Gasteiger partial charge in [0.15, 0.2) is 0 Å². The zero-order chi connectivity index (χ0) is 24.4. The minimum Gasteiger partial charge on any atom is -0.497 e. The zero-order valence-corrected chi connectivity index (χ0v) is 19.4. The molecule has 176 valence electrons. The van der Waals surface area contributed by atoms with Gasteiger partial charge in [-0.2, -0.15) is 4.98 Å². The molecule has 1 aromatic heterocycles. The Bertz CT molecular complexity index is 1380. The Morgan fingerprint density at radius 2 is 1.89 bits per heavy atom. The first kappa shape index (κ1) is 22.3. The molecule has 2 heterocycles. The molecule has 3 aromatic carbocycles. The van der Waals surface area contributed by atoms with Gasteiger partial charge in [-0.15, -0.1) is 0 Å². The van der Waals surface area contributed by atoms with Crippen LogP contribution >= 0.6 is 0 Å². The van der Waals surface area contributed by atoms with Crippen molar-refractivity contribution < 1.29 is 18.8 Å². The van der Waals surface area contributed by atoms with Crippen molar-refractivity contribution in [1.29, 1.82) is 0 Å². The first-order valence-corrected chi connectivity index (χ1v) is 11.3. The van der Waals surface area contributed by atoms with Gasteiger partial charge in [0.05, 0.1) is 24.3 Å². The van der Waals surface area contributed by atoms with Gasteiger partial charge in [-0.25, -0.2) is 0 Å². The maximum atomic E-state index is 13.1. The highest BCUT2D eigenvalue weighted by Crippen LogP contribution is 2.31. The van der Waals surface area contributed by atoms with E-state index in [1.165, 1.54) is 0 Å². The summed E-state index contributed by atoms with van der Waals surface area (Å²) >= 11 is 0. The van der Waals surface area contributed by atoms with Crippen LogP contribution in [0.3, 0.4) is 0 Å². The number of anilines is 2. The number of amides is 2. The Kier molecular flexibility index (Phi) is 6.01. The molecule has 0 saturated carbocycles. The Labute approximate surface area is 202 Å². The third kappa shape index (κ3) is 4.63. The van der Waals surface area contributed by atoms with Crippen LogP contribution in [0.5, 0.6) is 5.75 Å². The van der Waals surface area contributed by atoms with Gasteiger partial charge in [0.1, 0.15) is 5.75 Å². The van der Waals surface area contributed by atoms with Crippen molar-refractivity contribution in [2.45, 2.75) is 13.3 Å². The highest BCUT2D eigenvalue weighted by atomic mass is 16.5. The molecule has 5 rings (SSSR count). The van der Waals surface area contributed by atoms with Crippen molar-refractivity contribution >= 4 is 23.2 Å². The van der Waals surface area contributed by atoms with E-state index < -0.39 is 5.92 Å². The summed E-state index contributed by atoms with van der Waals surface area (Å²) in [5, 5.41) is 7.06. The fourth-order valence-electron chi connectivity index (χ4n) is 4.14. The molecule has 1 atom stereocenters. The monoisotopic (exact) mass is 468 g/mol. The number of rotatable bonds is 6. The number of methoxy groups -OCH3 is 1. The number of hydrogen-bond acceptors (Lipinski definition) is 6. The molecule has 8 heteroatoms. The first-order valence-electron chi connectivity index (χ1n) is 11.3. The summed E-state index contributed by atoms with van der Waals surface area (Å²) in [6.45, 7) is 2.30. The molecule has 0 radical (unpaired) electrons. The van der Waals surface area contributed by atoms with Crippen molar-refractivity contribution in [2.75, 3.05) is 23.9 Å². The number of nitrogens with one attached hydrogen (secondary N) is 1. The second kappa shape index (κ2) is 9.42. The molecule has 1 aliphatic rings. The molecule has 35 heavy (non-hydrogen) atoms. The molecule has 0 aliphatic carbocycles. The van der Waals surface area contributed by atoms with Crippen LogP contribution in [0.25, 0.3) is 22.8 Å². The van der Waals surface area contributed by atoms with Gasteiger partial charge in [0.25, 0.3) is 5.89 Å². The van der Waals surface area contributed by atoms with Crippen LogP contribution in [0.1, 0.15) is 12.0 Å². The number of aryl methyl sites for hydroxylation is 1. The second-order valence-corrected chi connectivity index (χ2v) is 8.43. The Morgan fingerprint density at radius 3 is 2.66 bits per heavy atom. The van der Waals surface area contributed by atoms with Gasteiger partial charge in [-0.3, -0.25) is 9.59 Å². The highest BCUT2D eigenvalue weighted by Gasteiger charge is 2.35. The maximum Gasteiger partial charge on any atom is 0.260 e. The second-order valence-electron chi connectivity index (χ2n) is 8.43. The number of aromatic nitrogens is 2. The number of nitrogens with zero attached hydrogens (tertiary/aromatic N) is 3. The fourth-order valence-corrected chi connectivity index (χ4v) is 4.14. The number of para-hydroxylation sites is 1. The number of hydrogen-bond donors (Lipinski definition) is 1. The molecule has 1 saturated heterocycles. The summed E-state index contributed by atoms with van der Waals surface area (Å²) in [7, 11) is 1.59. The molecule has 4 aromatic rings. The molecule has 0 unspecified atom stereocenters. The normalized spacial score (nSPS) is 15.3. The molecule has 2 amide bonds. The fraction of sp³-hybridized carbons (Fsp3) is 0.185. The number of benzene rings is 3. The van der Waals surface area contributed by atoms with E-state index in [1.54, 1.807) is 30.2 Å². The third-order valence-electron chi connectivity index (χ3n) is 6.00. The van der Waals surface area contributed by atoms with Gasteiger partial charge in [0, 0.05) is 24.2 Å². The lowest BCUT2D eigenvalue weighted by molar-refractivity contribution is -0.122. The van der Waals surface area contributed by atoms with E-state index in [0.717, 1.165) is 16.8 Å². The number of carbonyl (C=O) groups excluding carboxylic acids is 2. The molecule has 1 aliphatic heterocycles. The largest absolute Gasteiger partial charge is 0.497 e. The van der Waals surface area contributed by atoms with Crippen LogP contribution < -0.4 is 15.0 Å². The summed E-state index contributed by atoms with van der Waals surface area (Å²) in [5.41, 5.74) is 3.85. The summed E-state index contributed by atoms with van der Waals surface area (Å²) in [6, 6.07) is 22.3. The van der Waals surface area contributed by atoms with E-state index in [9.17, 15) is 9.59 Å². The average Bonchev–Trinajstić information content (AvgIpc) is 3.52. The molecular weight excluding hydrogens is 444 g/mol. The Hall–Kier alpha value is -4.46. The van der Waals surface area contributed by atoms with Crippen molar-refractivity contribution in [3.05, 3.63) is 78.4 Å². The lowest BCUT2D eigenvalue weighted by atomic mass is 10.1. The van der Waals surface area contributed by atoms with Crippen molar-refractivity contribution in [2.24, 2.45) is 5.92 Å². The van der Waals surface area contributed by atoms with E-state index in [0.29, 0.717) is 35.3 Å². The van der Waals surface area contributed by atoms with Crippen LogP contribution in [0.15, 0.2) is 77.3 Å². The van der Waals surface area contributed by atoms with Crippen molar-refractivity contribution in [1.82, 2.24) is 10.1 Å². The van der Waals surface area contributed by atoms with Gasteiger partial charge in [-0.05, 0) is 49.4 Å². The van der Waals surface area contributed by atoms with Crippen LogP contribution in [-0.4, -0.2) is 35.6 Å². The van der Waals surface area contributed by atoms with E-state index >= 15 is 0 Å². The molecule has 0 bridgehead atoms. The van der Waals surface area contributed by atoms with E-state index in [4.69, 9.17) is 9.26 Å². The minimum atomic E-state index is -0.483. The quantitative estimate of drug-likeness (QED) is 0.440. The van der Waals surface area contributed by atoms with Crippen LogP contribution in [0, 0.1) is 12.8 Å². The van der Waals surface area contributed by atoms with Gasteiger partial charge in [-0.1, -0.05) is 41.1 Å². The Balaban J connectivity index is 1.33. The van der Waals surface area contributed by atoms with E-state index in [-0.39, 0.29) is 18.2 Å². The van der Waals surface area contributed by atoms with Crippen LogP contribution in [0.2, 0.25) is 0 Å². The minimum absolute atomic E-state index is 0.0942. The zero-order valence-electron chi connectivity index (χ0n) is 19.4. The summed E-state index contributed by atoms with van der Waals surface area (Å²) in [6.07, 6.45) is 0.137. The average molecular weight is 469 g/mol. The standard InChI is InChI=1S/C27H24N4O4/c1-17-6-5-7-18(14-17)25-29-27(35-30-25)22-8-3-4-9-23(22)28-26(33)19-15-24(32)31(16-19)20-10-12-21(34-2)13-11-20/h3-14,19H,15-16H2,1-2H3,(H,28,33)/t19-/m1/s1. The van der Waals surface area contributed by atoms with Gasteiger partial charge < -0.3 is 19.5 Å². The van der Waals surface area contributed by atoms with E-state index in [2.05, 4.69) is 15.5 Å². The van der Waals surface area contributed by atoms with Crippen molar-refractivity contribution in [3.63, 3.8) is 0 Å². The van der Waals surface area contributed by atoms with Crippen LogP contribution in [0.4, 0.5) is 11.4 Å². The molecule has 8 nitrogen and oxygen atoms in total. The lowest BCUT2D eigenvalue weighted by Gasteiger charge is -2.17. The predicted molar refractivity (Wildman–Crippen MR) is 132 cm³/mol. The maximum absolute atomic E-state index is 13.1. The smallest absolute Gasteiger partial charge is 0.260 e. The molecular formula is C27H24N4O4.